The fourth-order valence-electron chi connectivity index (χ4n) is 1.95. The van der Waals surface area contributed by atoms with Crippen molar-refractivity contribution >= 4 is 21.7 Å². The average Bonchev–Trinajstić information content (AvgIpc) is 2.41. The second-order valence-electron chi connectivity index (χ2n) is 5.21. The maximum absolute atomic E-state index is 8.70. The number of rotatable bonds is 4. The zero-order valence-corrected chi connectivity index (χ0v) is 13.0. The molecule has 0 fully saturated rings. The molecule has 4 nitrogen and oxygen atoms in total. The van der Waals surface area contributed by atoms with Gasteiger partial charge in [0.2, 0.25) is 0 Å². The number of nitrogens with one attached hydrogen (secondary N) is 1. The molecular formula is C15H15BrN4. The Hall–Kier alpha value is -1.93. The van der Waals surface area contributed by atoms with Gasteiger partial charge in [0.15, 0.2) is 5.69 Å². The summed E-state index contributed by atoms with van der Waals surface area (Å²) in [5.41, 5.74) is 1.41. The summed E-state index contributed by atoms with van der Waals surface area (Å²) in [5, 5.41) is 12.0. The van der Waals surface area contributed by atoms with Gasteiger partial charge in [0.25, 0.3) is 0 Å². The molecule has 0 bridgehead atoms. The topological polar surface area (TPSA) is 61.6 Å². The molecule has 0 unspecified atom stereocenters. The first-order valence-electron chi connectivity index (χ1n) is 6.23. The largest absolute Gasteiger partial charge is 0.364 e. The highest BCUT2D eigenvalue weighted by Crippen LogP contribution is 2.19. The first kappa shape index (κ1) is 14.5. The normalized spacial score (nSPS) is 10.9. The Morgan fingerprint density at radius 3 is 2.45 bits per heavy atom. The maximum atomic E-state index is 8.70. The lowest BCUT2D eigenvalue weighted by atomic mass is 9.95. The van der Waals surface area contributed by atoms with Crippen molar-refractivity contribution in [3.05, 3.63) is 52.4 Å². The quantitative estimate of drug-likeness (QED) is 0.931. The maximum Gasteiger partial charge on any atom is 0.158 e. The van der Waals surface area contributed by atoms with Gasteiger partial charge < -0.3 is 5.32 Å². The molecule has 102 valence electrons. The Bertz CT molecular complexity index is 612. The van der Waals surface area contributed by atoms with E-state index in [0.29, 0.717) is 11.5 Å². The van der Waals surface area contributed by atoms with Crippen LogP contribution in [0.3, 0.4) is 0 Å². The van der Waals surface area contributed by atoms with Crippen LogP contribution >= 0.6 is 15.9 Å². The molecule has 0 atom stereocenters. The summed E-state index contributed by atoms with van der Waals surface area (Å²) in [7, 11) is 0. The first-order valence-corrected chi connectivity index (χ1v) is 7.03. The molecule has 5 heteroatoms. The van der Waals surface area contributed by atoms with Crippen molar-refractivity contribution in [3.8, 4) is 6.07 Å². The molecular weight excluding hydrogens is 316 g/mol. The van der Waals surface area contributed by atoms with Crippen LogP contribution in [0.4, 0.5) is 5.82 Å². The van der Waals surface area contributed by atoms with Crippen LogP contribution in [-0.4, -0.2) is 15.5 Å². The van der Waals surface area contributed by atoms with Gasteiger partial charge >= 0.3 is 0 Å². The van der Waals surface area contributed by atoms with Crippen molar-refractivity contribution in [1.29, 1.82) is 5.26 Å². The number of hydrogen-bond donors (Lipinski definition) is 1. The second-order valence-corrected chi connectivity index (χ2v) is 6.13. The molecule has 1 heterocycles. The summed E-state index contributed by atoms with van der Waals surface area (Å²) < 4.78 is 1.07. The second kappa shape index (κ2) is 6.02. The molecule has 0 radical (unpaired) electrons. The molecule has 0 saturated heterocycles. The van der Waals surface area contributed by atoms with E-state index in [0.717, 1.165) is 10.9 Å². The minimum atomic E-state index is -0.156. The third kappa shape index (κ3) is 4.04. The van der Waals surface area contributed by atoms with E-state index < -0.39 is 0 Å². The molecule has 1 aromatic carbocycles. The van der Waals surface area contributed by atoms with Crippen LogP contribution in [-0.2, 0) is 6.42 Å². The minimum Gasteiger partial charge on any atom is -0.364 e. The fraction of sp³-hybridized carbons (Fsp3) is 0.267. The number of benzene rings is 1. The Labute approximate surface area is 127 Å². The van der Waals surface area contributed by atoms with Crippen molar-refractivity contribution in [2.24, 2.45) is 0 Å². The van der Waals surface area contributed by atoms with E-state index >= 15 is 0 Å². The van der Waals surface area contributed by atoms with Gasteiger partial charge in [-0.25, -0.2) is 9.97 Å². The van der Waals surface area contributed by atoms with E-state index in [1.807, 2.05) is 18.2 Å². The SMILES string of the molecule is CC(C)(Cc1ccc(Br)cc1)Nc1cnc(C#N)cn1. The van der Waals surface area contributed by atoms with Gasteiger partial charge in [-0.1, -0.05) is 28.1 Å². The number of anilines is 1. The number of halogens is 1. The van der Waals surface area contributed by atoms with Gasteiger partial charge in [-0.2, -0.15) is 5.26 Å². The summed E-state index contributed by atoms with van der Waals surface area (Å²) >= 11 is 3.43. The van der Waals surface area contributed by atoms with Crippen LogP contribution < -0.4 is 5.32 Å². The van der Waals surface area contributed by atoms with Crippen molar-refractivity contribution in [2.45, 2.75) is 25.8 Å². The van der Waals surface area contributed by atoms with Gasteiger partial charge in [-0.05, 0) is 38.0 Å². The van der Waals surface area contributed by atoms with Crippen LogP contribution in [0.15, 0.2) is 41.1 Å². The van der Waals surface area contributed by atoms with Crippen LogP contribution in [0.1, 0.15) is 25.1 Å². The third-order valence-corrected chi connectivity index (χ3v) is 3.32. The standard InChI is InChI=1S/C15H15BrN4/c1-15(2,7-11-3-5-12(16)6-4-11)20-14-10-18-13(8-17)9-19-14/h3-6,9-10H,7H2,1-2H3,(H,19,20). The highest BCUT2D eigenvalue weighted by atomic mass is 79.9. The van der Waals surface area contributed by atoms with Crippen molar-refractivity contribution in [1.82, 2.24) is 9.97 Å². The highest BCUT2D eigenvalue weighted by Gasteiger charge is 2.18. The highest BCUT2D eigenvalue weighted by molar-refractivity contribution is 9.10. The van der Waals surface area contributed by atoms with Gasteiger partial charge in [0.1, 0.15) is 11.9 Å². The Morgan fingerprint density at radius 2 is 1.90 bits per heavy atom. The number of nitriles is 1. The molecule has 0 aliphatic rings. The number of aromatic nitrogens is 2. The van der Waals surface area contributed by atoms with E-state index in [2.05, 4.69) is 57.2 Å². The summed E-state index contributed by atoms with van der Waals surface area (Å²) in [4.78, 5) is 8.19. The molecule has 1 aromatic heterocycles. The van der Waals surface area contributed by atoms with Crippen molar-refractivity contribution in [3.63, 3.8) is 0 Å². The molecule has 0 aliphatic carbocycles. The number of hydrogen-bond acceptors (Lipinski definition) is 4. The molecule has 0 spiro atoms. The van der Waals surface area contributed by atoms with Crippen LogP contribution in [0, 0.1) is 11.3 Å². The lowest BCUT2D eigenvalue weighted by Crippen LogP contribution is -2.33. The van der Waals surface area contributed by atoms with Gasteiger partial charge in [-0.3, -0.25) is 0 Å². The fourth-order valence-corrected chi connectivity index (χ4v) is 2.22. The smallest absolute Gasteiger partial charge is 0.158 e. The summed E-state index contributed by atoms with van der Waals surface area (Å²) in [6, 6.07) is 10.2. The predicted octanol–water partition coefficient (Wildman–Crippen LogP) is 3.54. The molecule has 2 aromatic rings. The summed E-state index contributed by atoms with van der Waals surface area (Å²) in [6.45, 7) is 4.21. The molecule has 0 amide bonds. The van der Waals surface area contributed by atoms with Crippen LogP contribution in [0.2, 0.25) is 0 Å². The van der Waals surface area contributed by atoms with E-state index in [-0.39, 0.29) is 5.54 Å². The van der Waals surface area contributed by atoms with E-state index in [1.54, 1.807) is 6.20 Å². The zero-order chi connectivity index (χ0) is 14.6. The molecule has 0 saturated carbocycles. The summed E-state index contributed by atoms with van der Waals surface area (Å²) in [6.07, 6.45) is 3.92. The van der Waals surface area contributed by atoms with E-state index in [1.165, 1.54) is 11.8 Å². The third-order valence-electron chi connectivity index (χ3n) is 2.79. The van der Waals surface area contributed by atoms with E-state index in [4.69, 9.17) is 5.26 Å². The lowest BCUT2D eigenvalue weighted by Gasteiger charge is -2.27. The average molecular weight is 331 g/mol. The van der Waals surface area contributed by atoms with Gasteiger partial charge in [0, 0.05) is 10.0 Å². The van der Waals surface area contributed by atoms with E-state index in [9.17, 15) is 0 Å². The zero-order valence-electron chi connectivity index (χ0n) is 11.4. The molecule has 20 heavy (non-hydrogen) atoms. The van der Waals surface area contributed by atoms with Crippen LogP contribution in [0.5, 0.6) is 0 Å². The minimum absolute atomic E-state index is 0.156. The Balaban J connectivity index is 2.06. The van der Waals surface area contributed by atoms with Gasteiger partial charge in [-0.15, -0.1) is 0 Å². The Kier molecular flexibility index (Phi) is 4.35. The molecule has 1 N–H and O–H groups in total. The first-order chi connectivity index (χ1) is 9.48. The van der Waals surface area contributed by atoms with Crippen LogP contribution in [0.25, 0.3) is 0 Å². The summed E-state index contributed by atoms with van der Waals surface area (Å²) in [5.74, 6) is 0.672. The monoisotopic (exact) mass is 330 g/mol. The molecule has 0 aliphatic heterocycles. The molecule has 2 rings (SSSR count). The Morgan fingerprint density at radius 1 is 1.20 bits per heavy atom. The van der Waals surface area contributed by atoms with Gasteiger partial charge in [0.05, 0.1) is 12.4 Å². The van der Waals surface area contributed by atoms with Crippen molar-refractivity contribution in [2.75, 3.05) is 5.32 Å². The predicted molar refractivity (Wildman–Crippen MR) is 82.3 cm³/mol. The lowest BCUT2D eigenvalue weighted by molar-refractivity contribution is 0.561. The van der Waals surface area contributed by atoms with Crippen molar-refractivity contribution < 1.29 is 0 Å². The number of nitrogens with zero attached hydrogens (tertiary/aromatic N) is 3.